The normalized spacial score (nSPS) is 19.0. The van der Waals surface area contributed by atoms with E-state index in [0.29, 0.717) is 35.5 Å². The average Bonchev–Trinajstić information content (AvgIpc) is 1.62. The van der Waals surface area contributed by atoms with E-state index in [1.54, 1.807) is 61.0 Å². The van der Waals surface area contributed by atoms with Gasteiger partial charge < -0.3 is 42.9 Å². The van der Waals surface area contributed by atoms with Crippen LogP contribution in [0.4, 0.5) is 36.4 Å². The molecular formula is C63H86B2ClF3N10O11S. The molecule has 0 bridgehead atoms. The molecule has 494 valence electrons. The predicted molar refractivity (Wildman–Crippen MR) is 343 cm³/mol. The summed E-state index contributed by atoms with van der Waals surface area (Å²) in [6.45, 7) is 27.3. The lowest BCUT2D eigenvalue weighted by atomic mass is 9.49. The van der Waals surface area contributed by atoms with Crippen LogP contribution in [0.15, 0.2) is 85.7 Å². The summed E-state index contributed by atoms with van der Waals surface area (Å²) in [5, 5.41) is 14.7. The Labute approximate surface area is 538 Å². The fourth-order valence-corrected chi connectivity index (χ4v) is 10.9. The second-order valence-corrected chi connectivity index (χ2v) is 28.9. The minimum absolute atomic E-state index is 0.124. The van der Waals surface area contributed by atoms with E-state index in [1.165, 1.54) is 29.3 Å². The zero-order valence-corrected chi connectivity index (χ0v) is 56.5. The highest BCUT2D eigenvalue weighted by Gasteiger charge is 2.64. The number of benzene rings is 2. The van der Waals surface area contributed by atoms with Crippen LogP contribution >= 0.6 is 11.6 Å². The van der Waals surface area contributed by atoms with Crippen molar-refractivity contribution in [3.63, 3.8) is 0 Å². The first-order valence-corrected chi connectivity index (χ1v) is 32.2. The highest BCUT2D eigenvalue weighted by molar-refractivity contribution is 7.88. The number of rotatable bonds is 12. The summed E-state index contributed by atoms with van der Waals surface area (Å²) in [6, 6.07) is 14.1. The number of hydrogen-bond donors (Lipinski definition) is 2. The highest BCUT2D eigenvalue weighted by Crippen LogP contribution is 2.44. The van der Waals surface area contributed by atoms with Crippen molar-refractivity contribution < 1.29 is 63.5 Å². The second-order valence-electron chi connectivity index (χ2n) is 27.0. The molecule has 28 heteroatoms. The van der Waals surface area contributed by atoms with Crippen LogP contribution in [0.1, 0.15) is 182 Å². The number of carbonyl (C=O) groups is 2. The third-order valence-corrected chi connectivity index (χ3v) is 17.2. The van der Waals surface area contributed by atoms with Crippen LogP contribution in [0.2, 0.25) is 5.15 Å². The van der Waals surface area contributed by atoms with Gasteiger partial charge in [-0.1, -0.05) is 42.6 Å². The van der Waals surface area contributed by atoms with Crippen LogP contribution < -0.4 is 14.8 Å². The molecular weight excluding hydrogens is 1220 g/mol. The van der Waals surface area contributed by atoms with Gasteiger partial charge in [-0.3, -0.25) is 19.0 Å². The van der Waals surface area contributed by atoms with Gasteiger partial charge in [0.1, 0.15) is 22.1 Å². The van der Waals surface area contributed by atoms with E-state index in [4.69, 9.17) is 44.7 Å². The van der Waals surface area contributed by atoms with Crippen LogP contribution in [-0.4, -0.2) is 113 Å². The Kier molecular flexibility index (Phi) is 22.6. The zero-order valence-electron chi connectivity index (χ0n) is 55.0. The van der Waals surface area contributed by atoms with Gasteiger partial charge in [-0.2, -0.15) is 31.8 Å². The van der Waals surface area contributed by atoms with E-state index < -0.39 is 40.8 Å². The number of anilines is 4. The van der Waals surface area contributed by atoms with Crippen molar-refractivity contribution in [2.45, 2.75) is 212 Å². The summed E-state index contributed by atoms with van der Waals surface area (Å²) < 4.78 is 102. The lowest BCUT2D eigenvalue weighted by Gasteiger charge is -2.32. The van der Waals surface area contributed by atoms with Gasteiger partial charge >= 0.3 is 41.6 Å². The third-order valence-electron chi connectivity index (χ3n) is 16.1. The van der Waals surface area contributed by atoms with E-state index >= 15 is 0 Å². The van der Waals surface area contributed by atoms with Crippen LogP contribution in [0.3, 0.4) is 0 Å². The molecule has 2 aliphatic carbocycles. The van der Waals surface area contributed by atoms with Crippen molar-refractivity contribution in [3.8, 4) is 17.0 Å². The topological polar surface area (TPSA) is 244 Å². The van der Waals surface area contributed by atoms with Crippen molar-refractivity contribution in [2.24, 2.45) is 14.1 Å². The molecule has 4 aromatic heterocycles. The van der Waals surface area contributed by atoms with Gasteiger partial charge in [-0.15, -0.1) is 0 Å². The summed E-state index contributed by atoms with van der Waals surface area (Å²) in [5.74, 6) is 0.208. The van der Waals surface area contributed by atoms with Gasteiger partial charge in [-0.05, 0) is 200 Å². The molecule has 2 fully saturated rings. The van der Waals surface area contributed by atoms with Gasteiger partial charge in [0.25, 0.3) is 0 Å². The average molecular weight is 1310 g/mol. The van der Waals surface area contributed by atoms with E-state index in [2.05, 4.69) is 58.2 Å². The molecule has 2 atom stereocenters. The maximum absolute atomic E-state index is 12.5. The first kappa shape index (κ1) is 71.8. The quantitative estimate of drug-likeness (QED) is 0.0289. The van der Waals surface area contributed by atoms with Crippen LogP contribution in [-0.2, 0) is 74.7 Å². The van der Waals surface area contributed by atoms with Crippen LogP contribution in [0, 0.1) is 0 Å². The lowest BCUT2D eigenvalue weighted by Crippen LogP contribution is -2.41. The molecule has 0 saturated carbocycles. The Morgan fingerprint density at radius 3 is 1.48 bits per heavy atom. The summed E-state index contributed by atoms with van der Waals surface area (Å²) in [4.78, 5) is 41.7. The Balaban J connectivity index is 0.000000180. The molecule has 2 aliphatic heterocycles. The number of aryl methyl sites for hydroxylation is 4. The Morgan fingerprint density at radius 1 is 0.637 bits per heavy atom. The number of esters is 2. The molecule has 0 radical (unpaired) electrons. The largest absolute Gasteiger partial charge is 0.534 e. The minimum atomic E-state index is -5.71. The number of fused-ring (bicyclic) bond motifs is 2. The first-order chi connectivity index (χ1) is 42.2. The summed E-state index contributed by atoms with van der Waals surface area (Å²) in [5.41, 5.74) is -0.326. The lowest BCUT2D eigenvalue weighted by molar-refractivity contribution is -0.156. The highest BCUT2D eigenvalue weighted by atomic mass is 35.5. The Hall–Kier alpha value is -6.64. The first-order valence-electron chi connectivity index (χ1n) is 30.4. The number of hydrogen-bond acceptors (Lipinski definition) is 19. The van der Waals surface area contributed by atoms with E-state index in [9.17, 15) is 31.2 Å². The Morgan fingerprint density at radius 2 is 1.07 bits per heavy atom. The molecule has 91 heavy (non-hydrogen) atoms. The van der Waals surface area contributed by atoms with E-state index in [-0.39, 0.29) is 58.3 Å². The summed E-state index contributed by atoms with van der Waals surface area (Å²) >= 11 is 5.70. The molecule has 4 aliphatic rings. The molecule has 0 unspecified atom stereocenters. The number of nitrogens with zero attached hydrogens (tertiary/aromatic N) is 8. The van der Waals surface area contributed by atoms with Crippen molar-refractivity contribution in [2.75, 3.05) is 10.6 Å². The second kappa shape index (κ2) is 28.7. The molecule has 0 spiro atoms. The van der Waals surface area contributed by atoms with Gasteiger partial charge in [0.2, 0.25) is 11.9 Å². The van der Waals surface area contributed by atoms with E-state index in [1.807, 2.05) is 109 Å². The molecule has 2 aromatic carbocycles. The van der Waals surface area contributed by atoms with Crippen molar-refractivity contribution in [1.82, 2.24) is 39.5 Å². The van der Waals surface area contributed by atoms with Crippen molar-refractivity contribution in [1.29, 1.82) is 0 Å². The predicted octanol–water partition coefficient (Wildman–Crippen LogP) is 13.5. The molecule has 10 rings (SSSR count). The molecule has 2 saturated heterocycles. The van der Waals surface area contributed by atoms with Crippen LogP contribution in [0.5, 0.6) is 5.75 Å². The number of nitrogens with one attached hydrogen (secondary N) is 2. The summed E-state index contributed by atoms with van der Waals surface area (Å²) in [6.07, 6.45) is 18.3. The minimum Gasteiger partial charge on any atom is -0.460 e. The van der Waals surface area contributed by atoms with Crippen LogP contribution in [0.25, 0.3) is 11.3 Å². The fraction of sp³-hybridized carbons (Fsp3) is 0.556. The smallest absolute Gasteiger partial charge is 0.460 e. The Bertz CT molecular complexity index is 3530. The van der Waals surface area contributed by atoms with Crippen molar-refractivity contribution in [3.05, 3.63) is 113 Å². The van der Waals surface area contributed by atoms with E-state index in [0.717, 1.165) is 73.1 Å². The molecule has 6 aromatic rings. The standard InChI is InChI=1S/C25H31N5O2.C18H23F3O5S.C12H24B2O4.C8H8ClN5/c1-25(2,3)32-23(31)14-18-8-6-5-7-17-13-19(9-10-21(17)18)22-11-12-26-24(29-22)28-20-15-27-30(4)16-20;1-17(2,3)25-16(22)11-13-7-5-4-6-12-10-14(8-9-15(12)13)26-27(23,24)18(19,20)21;1-9(2)10(3,4)16-13(15-9)14-17-11(5,6)12(7,8)18-14;1-14-5-6(4-11-14)12-8-10-3-2-7(9)13-8/h9-13,15-16,18H,5-8,14H2,1-4H3,(H,26,28,29);8-10,13H,4-7,11H2,1-3H3;1-8H3;2-5H,1H3,(H,10,12,13)/t18-;13-;;/m00../s1. The third kappa shape index (κ3) is 20.2. The number of ether oxygens (including phenoxy) is 2. The molecule has 0 amide bonds. The van der Waals surface area contributed by atoms with Gasteiger partial charge in [-0.25, -0.2) is 19.9 Å². The van der Waals surface area contributed by atoms with Gasteiger partial charge in [0.15, 0.2) is 0 Å². The molecule has 21 nitrogen and oxygen atoms in total. The van der Waals surface area contributed by atoms with Crippen molar-refractivity contribution >= 4 is 70.9 Å². The number of halogens is 4. The summed E-state index contributed by atoms with van der Waals surface area (Å²) in [7, 11) is -2.96. The fourth-order valence-electron chi connectivity index (χ4n) is 10.3. The maximum atomic E-state index is 12.5. The number of aromatic nitrogens is 8. The maximum Gasteiger partial charge on any atom is 0.534 e. The zero-order chi connectivity index (χ0) is 67.1. The van der Waals surface area contributed by atoms with Gasteiger partial charge in [0, 0.05) is 44.4 Å². The van der Waals surface area contributed by atoms with Gasteiger partial charge in [0.05, 0.1) is 64.7 Å². The number of alkyl halides is 3. The molecule has 2 N–H and O–H groups in total. The SMILES string of the molecule is CC(C)(C)OC(=O)C[C@@H]1CCCCc2cc(OS(=O)(=O)C(F)(F)F)ccc21.CC1(C)OB(B2OC(C)(C)C(C)(C)O2)OC1(C)C.Cn1cc(Nc2nccc(-c3ccc4c(c3)CCCC[C@H]4CC(=O)OC(C)(C)C)n2)cn1.Cn1cc(Nc2nccc(Cl)n2)cn1. The number of carbonyl (C=O) groups excluding carboxylic acids is 2. The monoisotopic (exact) mass is 1300 g/mol. The molecule has 6 heterocycles.